The Labute approximate surface area is 124 Å². The molecule has 1 aromatic carbocycles. The molecule has 0 unspecified atom stereocenters. The number of rotatable bonds is 7. The normalized spacial score (nSPS) is 10.8. The molecule has 3 nitrogen and oxygen atoms in total. The topological polar surface area (TPSA) is 34.4 Å². The van der Waals surface area contributed by atoms with Crippen molar-refractivity contribution in [1.82, 2.24) is 5.32 Å². The SMILES string of the molecule is CCCNCc1coc(COc2cc(C)ccc2Cl)c1. The average Bonchev–Trinajstić information content (AvgIpc) is 2.88. The van der Waals surface area contributed by atoms with Gasteiger partial charge in [-0.3, -0.25) is 0 Å². The molecule has 2 rings (SSSR count). The second kappa shape index (κ2) is 7.36. The molecule has 0 aliphatic rings. The predicted octanol–water partition coefficient (Wildman–Crippen LogP) is 4.32. The third-order valence-electron chi connectivity index (χ3n) is 2.92. The molecule has 0 amide bonds. The van der Waals surface area contributed by atoms with Crippen LogP contribution in [0.1, 0.15) is 30.2 Å². The van der Waals surface area contributed by atoms with Gasteiger partial charge in [0.15, 0.2) is 0 Å². The number of halogens is 1. The Hall–Kier alpha value is -1.45. The highest BCUT2D eigenvalue weighted by Crippen LogP contribution is 2.26. The molecule has 0 saturated carbocycles. The second-order valence-electron chi connectivity index (χ2n) is 4.82. The van der Waals surface area contributed by atoms with Gasteiger partial charge in [-0.1, -0.05) is 24.6 Å². The highest BCUT2D eigenvalue weighted by Gasteiger charge is 2.05. The van der Waals surface area contributed by atoms with Crippen LogP contribution < -0.4 is 10.1 Å². The largest absolute Gasteiger partial charge is 0.484 e. The van der Waals surface area contributed by atoms with Crippen molar-refractivity contribution in [2.75, 3.05) is 6.54 Å². The first-order chi connectivity index (χ1) is 9.69. The van der Waals surface area contributed by atoms with Crippen LogP contribution >= 0.6 is 11.6 Å². The van der Waals surface area contributed by atoms with Gasteiger partial charge >= 0.3 is 0 Å². The van der Waals surface area contributed by atoms with E-state index in [1.807, 2.05) is 31.2 Å². The summed E-state index contributed by atoms with van der Waals surface area (Å²) in [5.74, 6) is 1.49. The number of furan rings is 1. The standard InChI is InChI=1S/C16H20ClNO2/c1-3-6-18-9-13-8-14(19-10-13)11-20-16-7-12(2)4-5-15(16)17/h4-5,7-8,10,18H,3,6,9,11H2,1-2H3. The van der Waals surface area contributed by atoms with Crippen LogP contribution in [0.2, 0.25) is 5.02 Å². The van der Waals surface area contributed by atoms with Crippen LogP contribution in [0.15, 0.2) is 34.9 Å². The molecule has 4 heteroatoms. The van der Waals surface area contributed by atoms with Gasteiger partial charge in [0.25, 0.3) is 0 Å². The summed E-state index contributed by atoms with van der Waals surface area (Å²) < 4.78 is 11.2. The van der Waals surface area contributed by atoms with E-state index in [1.54, 1.807) is 6.26 Å². The molecular weight excluding hydrogens is 274 g/mol. The molecule has 0 saturated heterocycles. The monoisotopic (exact) mass is 293 g/mol. The zero-order valence-electron chi connectivity index (χ0n) is 11.9. The van der Waals surface area contributed by atoms with Crippen LogP contribution in [0.25, 0.3) is 0 Å². The van der Waals surface area contributed by atoms with Crippen molar-refractivity contribution in [2.24, 2.45) is 0 Å². The van der Waals surface area contributed by atoms with Gasteiger partial charge in [-0.05, 0) is 43.7 Å². The highest BCUT2D eigenvalue weighted by molar-refractivity contribution is 6.32. The lowest BCUT2D eigenvalue weighted by Crippen LogP contribution is -2.13. The first-order valence-electron chi connectivity index (χ1n) is 6.85. The first-order valence-corrected chi connectivity index (χ1v) is 7.22. The molecule has 1 N–H and O–H groups in total. The fourth-order valence-electron chi connectivity index (χ4n) is 1.87. The summed E-state index contributed by atoms with van der Waals surface area (Å²) in [4.78, 5) is 0. The van der Waals surface area contributed by atoms with Crippen LogP contribution in [0, 0.1) is 6.92 Å². The van der Waals surface area contributed by atoms with Gasteiger partial charge in [0, 0.05) is 12.1 Å². The molecule has 0 spiro atoms. The predicted molar refractivity (Wildman–Crippen MR) is 81.2 cm³/mol. The molecule has 0 atom stereocenters. The summed E-state index contributed by atoms with van der Waals surface area (Å²) in [7, 11) is 0. The molecule has 1 aromatic heterocycles. The van der Waals surface area contributed by atoms with Gasteiger partial charge in [0.1, 0.15) is 18.1 Å². The fraction of sp³-hybridized carbons (Fsp3) is 0.375. The van der Waals surface area contributed by atoms with Crippen LogP contribution in [-0.2, 0) is 13.2 Å². The Morgan fingerprint density at radius 1 is 1.30 bits per heavy atom. The Balaban J connectivity index is 1.89. The smallest absolute Gasteiger partial charge is 0.146 e. The molecular formula is C16H20ClNO2. The molecule has 0 aliphatic carbocycles. The Morgan fingerprint density at radius 2 is 2.15 bits per heavy atom. The summed E-state index contributed by atoms with van der Waals surface area (Å²) in [6.07, 6.45) is 2.89. The van der Waals surface area contributed by atoms with Gasteiger partial charge in [-0.2, -0.15) is 0 Å². The number of benzene rings is 1. The van der Waals surface area contributed by atoms with Crippen molar-refractivity contribution >= 4 is 11.6 Å². The minimum absolute atomic E-state index is 0.386. The molecule has 20 heavy (non-hydrogen) atoms. The van der Waals surface area contributed by atoms with Gasteiger partial charge in [0.05, 0.1) is 11.3 Å². The number of hydrogen-bond donors (Lipinski definition) is 1. The van der Waals surface area contributed by atoms with Gasteiger partial charge in [0.2, 0.25) is 0 Å². The summed E-state index contributed by atoms with van der Waals surface area (Å²) in [5, 5.41) is 3.95. The maximum Gasteiger partial charge on any atom is 0.146 e. The average molecular weight is 294 g/mol. The highest BCUT2D eigenvalue weighted by atomic mass is 35.5. The summed E-state index contributed by atoms with van der Waals surface area (Å²) in [5.41, 5.74) is 2.25. The van der Waals surface area contributed by atoms with Crippen molar-refractivity contribution in [3.8, 4) is 5.75 Å². The fourth-order valence-corrected chi connectivity index (χ4v) is 2.05. The van der Waals surface area contributed by atoms with E-state index in [1.165, 1.54) is 0 Å². The number of hydrogen-bond acceptors (Lipinski definition) is 3. The summed E-state index contributed by atoms with van der Waals surface area (Å²) in [6.45, 7) is 6.37. The van der Waals surface area contributed by atoms with E-state index in [-0.39, 0.29) is 0 Å². The van der Waals surface area contributed by atoms with E-state index < -0.39 is 0 Å². The summed E-state index contributed by atoms with van der Waals surface area (Å²) >= 11 is 6.09. The maximum absolute atomic E-state index is 6.09. The number of aryl methyl sites for hydroxylation is 1. The van der Waals surface area contributed by atoms with Gasteiger partial charge in [-0.15, -0.1) is 0 Å². The van der Waals surface area contributed by atoms with E-state index in [0.29, 0.717) is 17.4 Å². The quantitative estimate of drug-likeness (QED) is 0.772. The lowest BCUT2D eigenvalue weighted by Gasteiger charge is -2.07. The number of nitrogens with one attached hydrogen (secondary N) is 1. The van der Waals surface area contributed by atoms with E-state index in [4.69, 9.17) is 20.8 Å². The van der Waals surface area contributed by atoms with Crippen molar-refractivity contribution in [1.29, 1.82) is 0 Å². The molecule has 0 radical (unpaired) electrons. The Kier molecular flexibility index (Phi) is 5.50. The molecule has 0 aliphatic heterocycles. The van der Waals surface area contributed by atoms with Crippen LogP contribution in [0.3, 0.4) is 0 Å². The minimum Gasteiger partial charge on any atom is -0.484 e. The summed E-state index contributed by atoms with van der Waals surface area (Å²) in [6, 6.07) is 7.73. The zero-order valence-corrected chi connectivity index (χ0v) is 12.7. The molecule has 2 aromatic rings. The zero-order chi connectivity index (χ0) is 14.4. The maximum atomic E-state index is 6.09. The van der Waals surface area contributed by atoms with Crippen LogP contribution in [0.5, 0.6) is 5.75 Å². The van der Waals surface area contributed by atoms with Crippen LogP contribution in [0.4, 0.5) is 0 Å². The third kappa shape index (κ3) is 4.29. The molecule has 1 heterocycles. The lowest BCUT2D eigenvalue weighted by molar-refractivity contribution is 0.270. The van der Waals surface area contributed by atoms with E-state index in [9.17, 15) is 0 Å². The Morgan fingerprint density at radius 3 is 2.95 bits per heavy atom. The van der Waals surface area contributed by atoms with E-state index in [0.717, 1.165) is 36.4 Å². The van der Waals surface area contributed by atoms with E-state index in [2.05, 4.69) is 12.2 Å². The number of ether oxygens (including phenoxy) is 1. The van der Waals surface area contributed by atoms with Gasteiger partial charge < -0.3 is 14.5 Å². The minimum atomic E-state index is 0.386. The van der Waals surface area contributed by atoms with Crippen LogP contribution in [-0.4, -0.2) is 6.54 Å². The van der Waals surface area contributed by atoms with E-state index >= 15 is 0 Å². The molecule has 0 fully saturated rings. The lowest BCUT2D eigenvalue weighted by atomic mass is 10.2. The Bertz CT molecular complexity index is 551. The molecule has 108 valence electrons. The second-order valence-corrected chi connectivity index (χ2v) is 5.23. The molecule has 0 bridgehead atoms. The van der Waals surface area contributed by atoms with Crippen molar-refractivity contribution in [2.45, 2.75) is 33.4 Å². The van der Waals surface area contributed by atoms with Crippen molar-refractivity contribution in [3.05, 3.63) is 52.4 Å². The van der Waals surface area contributed by atoms with Gasteiger partial charge in [-0.25, -0.2) is 0 Å². The van der Waals surface area contributed by atoms with Crippen molar-refractivity contribution < 1.29 is 9.15 Å². The van der Waals surface area contributed by atoms with Crippen molar-refractivity contribution in [3.63, 3.8) is 0 Å². The first kappa shape index (κ1) is 14.9. The third-order valence-corrected chi connectivity index (χ3v) is 3.23.